The molecule has 9 heteroatoms. The maximum absolute atomic E-state index is 13.4. The molecule has 3 N–H and O–H groups in total. The van der Waals surface area contributed by atoms with Gasteiger partial charge in [-0.05, 0) is 49.6 Å². The predicted octanol–water partition coefficient (Wildman–Crippen LogP) is 2.22. The van der Waals surface area contributed by atoms with Crippen molar-refractivity contribution in [3.8, 4) is 0 Å². The summed E-state index contributed by atoms with van der Waals surface area (Å²) in [5.74, 6) is -0.620. The number of carbonyl (C=O) groups excluding carboxylic acids is 1. The molecule has 2 aliphatic rings. The van der Waals surface area contributed by atoms with Gasteiger partial charge in [0.2, 0.25) is 15.9 Å². The molecular weight excluding hydrogens is 419 g/mol. The highest BCUT2D eigenvalue weighted by Crippen LogP contribution is 2.26. The van der Waals surface area contributed by atoms with Crippen LogP contribution in [0.25, 0.3) is 0 Å². The number of benzene rings is 2. The number of rotatable bonds is 5. The van der Waals surface area contributed by atoms with Gasteiger partial charge in [-0.3, -0.25) is 4.79 Å². The van der Waals surface area contributed by atoms with Gasteiger partial charge in [0.05, 0.1) is 11.1 Å². The lowest BCUT2D eigenvalue weighted by Gasteiger charge is -2.31. The molecule has 2 aliphatic heterocycles. The van der Waals surface area contributed by atoms with E-state index in [1.807, 2.05) is 13.0 Å². The normalized spacial score (nSPS) is 23.0. The molecule has 1 amide bonds. The summed E-state index contributed by atoms with van der Waals surface area (Å²) in [5.41, 5.74) is 7.95. The van der Waals surface area contributed by atoms with E-state index in [4.69, 9.17) is 0 Å². The maximum atomic E-state index is 13.4. The summed E-state index contributed by atoms with van der Waals surface area (Å²) < 4.78 is 40.6. The van der Waals surface area contributed by atoms with Crippen molar-refractivity contribution in [3.05, 3.63) is 65.5 Å². The zero-order chi connectivity index (χ0) is 22.0. The van der Waals surface area contributed by atoms with Gasteiger partial charge in [-0.1, -0.05) is 29.8 Å². The van der Waals surface area contributed by atoms with Gasteiger partial charge in [-0.15, -0.1) is 0 Å². The first kappa shape index (κ1) is 21.9. The molecule has 0 aliphatic carbocycles. The zero-order valence-corrected chi connectivity index (χ0v) is 18.2. The molecule has 0 bridgehead atoms. The lowest BCUT2D eigenvalue weighted by molar-refractivity contribution is -0.127. The smallest absolute Gasteiger partial charge is 0.243 e. The van der Waals surface area contributed by atoms with Crippen molar-refractivity contribution in [2.24, 2.45) is 5.92 Å². The van der Waals surface area contributed by atoms with Crippen LogP contribution in [0, 0.1) is 18.7 Å². The number of nitrogens with zero attached hydrogens (tertiary/aromatic N) is 1. The van der Waals surface area contributed by atoms with Gasteiger partial charge in [0, 0.05) is 31.5 Å². The first-order chi connectivity index (χ1) is 14.8. The minimum absolute atomic E-state index is 0.0911. The van der Waals surface area contributed by atoms with Gasteiger partial charge in [0.15, 0.2) is 0 Å². The second kappa shape index (κ2) is 9.04. The number of aryl methyl sites for hydroxylation is 1. The van der Waals surface area contributed by atoms with Gasteiger partial charge in [-0.2, -0.15) is 4.31 Å². The number of amides is 1. The van der Waals surface area contributed by atoms with Crippen LogP contribution in [0.15, 0.2) is 53.4 Å². The molecule has 0 radical (unpaired) electrons. The fourth-order valence-electron chi connectivity index (χ4n) is 4.10. The number of piperidine rings is 1. The van der Waals surface area contributed by atoms with E-state index in [-0.39, 0.29) is 34.7 Å². The van der Waals surface area contributed by atoms with Crippen molar-refractivity contribution < 1.29 is 17.6 Å². The Balaban J connectivity index is 1.29. The average molecular weight is 447 g/mol. The van der Waals surface area contributed by atoms with E-state index in [1.54, 1.807) is 30.3 Å². The van der Waals surface area contributed by atoms with E-state index in [0.717, 1.165) is 11.1 Å². The van der Waals surface area contributed by atoms with E-state index in [0.29, 0.717) is 32.4 Å². The Morgan fingerprint density at radius 1 is 1.10 bits per heavy atom. The molecule has 0 saturated carbocycles. The summed E-state index contributed by atoms with van der Waals surface area (Å²) in [4.78, 5) is 13.0. The second-order valence-corrected chi connectivity index (χ2v) is 10.1. The predicted molar refractivity (Wildman–Crippen MR) is 115 cm³/mol. The Labute approximate surface area is 182 Å². The molecule has 7 nitrogen and oxygen atoms in total. The number of halogens is 1. The van der Waals surface area contributed by atoms with Crippen molar-refractivity contribution in [2.75, 3.05) is 13.1 Å². The van der Waals surface area contributed by atoms with Gasteiger partial charge in [0.1, 0.15) is 5.82 Å². The van der Waals surface area contributed by atoms with Crippen molar-refractivity contribution >= 4 is 15.9 Å². The fraction of sp³-hybridized carbons (Fsp3) is 0.409. The van der Waals surface area contributed by atoms with Crippen molar-refractivity contribution in [1.29, 1.82) is 0 Å². The first-order valence-corrected chi connectivity index (χ1v) is 11.9. The summed E-state index contributed by atoms with van der Waals surface area (Å²) in [6.07, 6.45) is 1.28. The van der Waals surface area contributed by atoms with Gasteiger partial charge >= 0.3 is 0 Å². The Morgan fingerprint density at radius 2 is 1.81 bits per heavy atom. The lowest BCUT2D eigenvalue weighted by Crippen LogP contribution is -2.49. The Kier molecular flexibility index (Phi) is 6.38. The Hall–Kier alpha value is -2.33. The number of carbonyl (C=O) groups is 1. The highest BCUT2D eigenvalue weighted by Gasteiger charge is 2.34. The number of nitrogens with one attached hydrogen (secondary N) is 3. The van der Waals surface area contributed by atoms with Crippen LogP contribution in [0.2, 0.25) is 0 Å². The van der Waals surface area contributed by atoms with E-state index < -0.39 is 10.0 Å². The molecular formula is C22H27FN4O3S. The second-order valence-electron chi connectivity index (χ2n) is 8.18. The minimum Gasteiger partial charge on any atom is -0.339 e. The zero-order valence-electron chi connectivity index (χ0n) is 17.3. The summed E-state index contributed by atoms with van der Waals surface area (Å²) in [7, 11) is -3.54. The van der Waals surface area contributed by atoms with Gasteiger partial charge in [0.25, 0.3) is 0 Å². The molecule has 2 fully saturated rings. The fourth-order valence-corrected chi connectivity index (χ4v) is 5.57. The molecule has 4 rings (SSSR count). The standard InChI is InChI=1S/C22H27FN4O3S/c1-15-5-7-19(8-6-15)31(29,30)27-11-9-16(10-12-27)22(28)24-21-14-20(25-26-21)17-3-2-4-18(23)13-17/h2-8,13,16,20-21,25-26H,9-12,14H2,1H3,(H,24,28). The summed E-state index contributed by atoms with van der Waals surface area (Å²) in [6.45, 7) is 2.54. The number of hydrazine groups is 1. The van der Waals surface area contributed by atoms with Crippen LogP contribution in [0.3, 0.4) is 0 Å². The van der Waals surface area contributed by atoms with Crippen LogP contribution in [0.5, 0.6) is 0 Å². The monoisotopic (exact) mass is 446 g/mol. The van der Waals surface area contributed by atoms with Crippen LogP contribution >= 0.6 is 0 Å². The molecule has 0 aromatic heterocycles. The van der Waals surface area contributed by atoms with Crippen molar-refractivity contribution in [3.63, 3.8) is 0 Å². The van der Waals surface area contributed by atoms with E-state index in [9.17, 15) is 17.6 Å². The van der Waals surface area contributed by atoms with Gasteiger partial charge in [-0.25, -0.2) is 23.7 Å². The quantitative estimate of drug-likeness (QED) is 0.655. The van der Waals surface area contributed by atoms with E-state index >= 15 is 0 Å². The third-order valence-corrected chi connectivity index (χ3v) is 7.87. The van der Waals surface area contributed by atoms with E-state index in [1.165, 1.54) is 16.4 Å². The average Bonchev–Trinajstić information content (AvgIpc) is 3.23. The van der Waals surface area contributed by atoms with Crippen LogP contribution in [0.4, 0.5) is 4.39 Å². The molecule has 166 valence electrons. The Morgan fingerprint density at radius 3 is 2.48 bits per heavy atom. The third-order valence-electron chi connectivity index (χ3n) is 5.95. The first-order valence-electron chi connectivity index (χ1n) is 10.5. The van der Waals surface area contributed by atoms with Crippen LogP contribution in [-0.4, -0.2) is 37.9 Å². The minimum atomic E-state index is -3.54. The number of hydrogen-bond donors (Lipinski definition) is 3. The van der Waals surface area contributed by atoms with Crippen molar-refractivity contribution in [1.82, 2.24) is 20.5 Å². The lowest BCUT2D eigenvalue weighted by atomic mass is 9.97. The highest BCUT2D eigenvalue weighted by atomic mass is 32.2. The molecule has 2 aromatic rings. The molecule has 2 atom stereocenters. The van der Waals surface area contributed by atoms with Crippen LogP contribution < -0.4 is 16.2 Å². The molecule has 2 saturated heterocycles. The number of sulfonamides is 1. The summed E-state index contributed by atoms with van der Waals surface area (Å²) in [6, 6.07) is 13.1. The third kappa shape index (κ3) is 4.95. The SMILES string of the molecule is Cc1ccc(S(=O)(=O)N2CCC(C(=O)NC3CC(c4cccc(F)c4)NN3)CC2)cc1. The van der Waals surface area contributed by atoms with Gasteiger partial charge < -0.3 is 5.32 Å². The molecule has 0 spiro atoms. The van der Waals surface area contributed by atoms with E-state index in [2.05, 4.69) is 16.2 Å². The van der Waals surface area contributed by atoms with Crippen LogP contribution in [0.1, 0.15) is 36.4 Å². The Bertz CT molecular complexity index is 1040. The molecule has 2 heterocycles. The topological polar surface area (TPSA) is 90.5 Å². The molecule has 31 heavy (non-hydrogen) atoms. The summed E-state index contributed by atoms with van der Waals surface area (Å²) in [5, 5.41) is 2.98. The largest absolute Gasteiger partial charge is 0.339 e. The number of hydrogen-bond acceptors (Lipinski definition) is 5. The molecule has 2 unspecified atom stereocenters. The maximum Gasteiger partial charge on any atom is 0.243 e. The highest BCUT2D eigenvalue weighted by molar-refractivity contribution is 7.89. The molecule has 2 aromatic carbocycles. The van der Waals surface area contributed by atoms with Crippen molar-refractivity contribution in [2.45, 2.75) is 43.3 Å². The van der Waals surface area contributed by atoms with Crippen LogP contribution in [-0.2, 0) is 14.8 Å². The summed E-state index contributed by atoms with van der Waals surface area (Å²) >= 11 is 0.